The fraction of sp³-hybridized carbons (Fsp3) is 0.0500. The van der Waals surface area contributed by atoms with E-state index in [0.29, 0.717) is 0 Å². The first-order chi connectivity index (χ1) is 10.3. The summed E-state index contributed by atoms with van der Waals surface area (Å²) in [5, 5.41) is 0. The Kier molecular flexibility index (Phi) is 3.94. The van der Waals surface area contributed by atoms with Crippen LogP contribution in [0.2, 0.25) is 0 Å². The first-order valence-electron chi connectivity index (χ1n) is 7.01. The molecule has 0 saturated heterocycles. The van der Waals surface area contributed by atoms with Crippen LogP contribution in [0.25, 0.3) is 11.1 Å². The molecule has 3 aromatic carbocycles. The van der Waals surface area contributed by atoms with Gasteiger partial charge in [0.15, 0.2) is 0 Å². The molecule has 0 radical (unpaired) electrons. The smallest absolute Gasteiger partial charge is 0.0521 e. The molecule has 0 atom stereocenters. The standard InChI is InChI=1S/C20H16S/c1-15-7-5-6-10-19(15)16-11-13-18(14-12-16)20(21)17-8-3-2-4-9-17/h2-14H,1H3. The highest BCUT2D eigenvalue weighted by Gasteiger charge is 2.05. The van der Waals surface area contributed by atoms with Crippen molar-refractivity contribution in [1.82, 2.24) is 0 Å². The lowest BCUT2D eigenvalue weighted by atomic mass is 9.98. The topological polar surface area (TPSA) is 0 Å². The molecule has 0 heterocycles. The molecule has 0 spiro atoms. The van der Waals surface area contributed by atoms with Crippen molar-refractivity contribution in [2.24, 2.45) is 0 Å². The lowest BCUT2D eigenvalue weighted by molar-refractivity contribution is 1.46. The zero-order valence-electron chi connectivity index (χ0n) is 11.9. The van der Waals surface area contributed by atoms with Crippen LogP contribution in [-0.4, -0.2) is 4.86 Å². The monoisotopic (exact) mass is 288 g/mol. The van der Waals surface area contributed by atoms with Crippen molar-refractivity contribution in [2.75, 3.05) is 0 Å². The molecule has 1 heteroatoms. The van der Waals surface area contributed by atoms with Gasteiger partial charge in [0.2, 0.25) is 0 Å². The van der Waals surface area contributed by atoms with Gasteiger partial charge in [-0.25, -0.2) is 0 Å². The van der Waals surface area contributed by atoms with Crippen LogP contribution in [0, 0.1) is 6.92 Å². The molecule has 0 bridgehead atoms. The molecule has 0 saturated carbocycles. The second-order valence-corrected chi connectivity index (χ2v) is 5.50. The molecule has 0 unspecified atom stereocenters. The molecule has 0 nitrogen and oxygen atoms in total. The van der Waals surface area contributed by atoms with E-state index < -0.39 is 0 Å². The van der Waals surface area contributed by atoms with Gasteiger partial charge in [-0.2, -0.15) is 0 Å². The summed E-state index contributed by atoms with van der Waals surface area (Å²) in [6.45, 7) is 2.14. The largest absolute Gasteiger partial charge is 0.0788 e. The van der Waals surface area contributed by atoms with Crippen molar-refractivity contribution in [3.8, 4) is 11.1 Å². The highest BCUT2D eigenvalue weighted by atomic mass is 32.1. The van der Waals surface area contributed by atoms with Gasteiger partial charge in [-0.15, -0.1) is 0 Å². The Balaban J connectivity index is 1.92. The van der Waals surface area contributed by atoms with Gasteiger partial charge in [-0.1, -0.05) is 91.1 Å². The summed E-state index contributed by atoms with van der Waals surface area (Å²) < 4.78 is 0. The van der Waals surface area contributed by atoms with Gasteiger partial charge in [0.1, 0.15) is 0 Å². The summed E-state index contributed by atoms with van der Waals surface area (Å²) >= 11 is 5.57. The van der Waals surface area contributed by atoms with Crippen LogP contribution >= 0.6 is 12.2 Å². The van der Waals surface area contributed by atoms with Crippen molar-refractivity contribution in [1.29, 1.82) is 0 Å². The molecule has 0 aromatic heterocycles. The molecular weight excluding hydrogens is 272 g/mol. The number of aryl methyl sites for hydroxylation is 1. The molecule has 0 amide bonds. The highest BCUT2D eigenvalue weighted by Crippen LogP contribution is 2.24. The van der Waals surface area contributed by atoms with Crippen molar-refractivity contribution < 1.29 is 0 Å². The Morgan fingerprint density at radius 1 is 0.667 bits per heavy atom. The molecule has 0 N–H and O–H groups in total. The molecule has 21 heavy (non-hydrogen) atoms. The summed E-state index contributed by atoms with van der Waals surface area (Å²) in [5.74, 6) is 0. The van der Waals surface area contributed by atoms with E-state index in [1.807, 2.05) is 18.2 Å². The van der Waals surface area contributed by atoms with Gasteiger partial charge >= 0.3 is 0 Å². The van der Waals surface area contributed by atoms with Crippen LogP contribution in [0.4, 0.5) is 0 Å². The summed E-state index contributed by atoms with van der Waals surface area (Å²) in [7, 11) is 0. The molecule has 0 fully saturated rings. The predicted octanol–water partition coefficient (Wildman–Crippen LogP) is 5.43. The molecule has 102 valence electrons. The second kappa shape index (κ2) is 6.02. The van der Waals surface area contributed by atoms with E-state index in [1.54, 1.807) is 0 Å². The summed E-state index contributed by atoms with van der Waals surface area (Å²) in [5.41, 5.74) is 5.97. The normalized spacial score (nSPS) is 10.3. The van der Waals surface area contributed by atoms with Crippen molar-refractivity contribution in [3.05, 3.63) is 95.6 Å². The maximum absolute atomic E-state index is 5.57. The fourth-order valence-corrected chi connectivity index (χ4v) is 2.73. The van der Waals surface area contributed by atoms with Crippen molar-refractivity contribution in [3.63, 3.8) is 0 Å². The molecule has 3 aromatic rings. The first-order valence-corrected chi connectivity index (χ1v) is 7.42. The second-order valence-electron chi connectivity index (χ2n) is 5.09. The van der Waals surface area contributed by atoms with Crippen LogP contribution in [0.15, 0.2) is 78.9 Å². The Labute approximate surface area is 131 Å². The molecule has 0 aliphatic rings. The van der Waals surface area contributed by atoms with Gasteiger partial charge in [-0.05, 0) is 34.7 Å². The predicted molar refractivity (Wildman–Crippen MR) is 93.9 cm³/mol. The third kappa shape index (κ3) is 2.93. The number of rotatable bonds is 3. The molecular formula is C20H16S. The first kappa shape index (κ1) is 13.7. The van der Waals surface area contributed by atoms with E-state index >= 15 is 0 Å². The minimum atomic E-state index is 0.895. The molecule has 0 aliphatic heterocycles. The van der Waals surface area contributed by atoms with Crippen LogP contribution in [0.3, 0.4) is 0 Å². The maximum atomic E-state index is 5.57. The van der Waals surface area contributed by atoms with Gasteiger partial charge in [0, 0.05) is 0 Å². The quantitative estimate of drug-likeness (QED) is 0.457. The van der Waals surface area contributed by atoms with E-state index in [2.05, 4.69) is 67.6 Å². The third-order valence-corrected chi connectivity index (χ3v) is 4.11. The number of thiocarbonyl (C=S) groups is 1. The van der Waals surface area contributed by atoms with Crippen LogP contribution in [0.1, 0.15) is 16.7 Å². The SMILES string of the molecule is Cc1ccccc1-c1ccc(C(=S)c2ccccc2)cc1. The molecule has 0 aliphatic carbocycles. The Morgan fingerprint density at radius 3 is 1.90 bits per heavy atom. The van der Waals surface area contributed by atoms with Gasteiger partial charge in [0.05, 0.1) is 4.86 Å². The van der Waals surface area contributed by atoms with Crippen LogP contribution < -0.4 is 0 Å². The minimum Gasteiger partial charge on any atom is -0.0788 e. The van der Waals surface area contributed by atoms with Crippen molar-refractivity contribution in [2.45, 2.75) is 6.92 Å². The lowest BCUT2D eigenvalue weighted by Crippen LogP contribution is -1.98. The van der Waals surface area contributed by atoms with E-state index in [1.165, 1.54) is 16.7 Å². The van der Waals surface area contributed by atoms with Crippen LogP contribution in [0.5, 0.6) is 0 Å². The Bertz CT molecular complexity index is 755. The van der Waals surface area contributed by atoms with Crippen molar-refractivity contribution >= 4 is 17.1 Å². The average molecular weight is 288 g/mol. The van der Waals surface area contributed by atoms with Gasteiger partial charge in [0.25, 0.3) is 0 Å². The zero-order chi connectivity index (χ0) is 14.7. The number of hydrogen-bond acceptors (Lipinski definition) is 1. The summed E-state index contributed by atoms with van der Waals surface area (Å²) in [6.07, 6.45) is 0. The van der Waals surface area contributed by atoms with Gasteiger partial charge in [-0.3, -0.25) is 0 Å². The van der Waals surface area contributed by atoms with Crippen LogP contribution in [-0.2, 0) is 0 Å². The lowest BCUT2D eigenvalue weighted by Gasteiger charge is -2.08. The summed E-state index contributed by atoms with van der Waals surface area (Å²) in [6, 6.07) is 27.1. The Morgan fingerprint density at radius 2 is 1.24 bits per heavy atom. The highest BCUT2D eigenvalue weighted by molar-refractivity contribution is 7.81. The van der Waals surface area contributed by atoms with E-state index in [9.17, 15) is 0 Å². The van der Waals surface area contributed by atoms with E-state index in [-0.39, 0.29) is 0 Å². The number of hydrogen-bond donors (Lipinski definition) is 0. The van der Waals surface area contributed by atoms with Gasteiger partial charge < -0.3 is 0 Å². The fourth-order valence-electron chi connectivity index (χ4n) is 2.45. The van der Waals surface area contributed by atoms with E-state index in [0.717, 1.165) is 16.0 Å². The minimum absolute atomic E-state index is 0.895. The Hall–Kier alpha value is -2.25. The zero-order valence-corrected chi connectivity index (χ0v) is 12.7. The average Bonchev–Trinajstić information content (AvgIpc) is 2.56. The molecule has 3 rings (SSSR count). The third-order valence-electron chi connectivity index (χ3n) is 3.64. The van der Waals surface area contributed by atoms with E-state index in [4.69, 9.17) is 12.2 Å². The number of benzene rings is 3. The summed E-state index contributed by atoms with van der Waals surface area (Å²) in [4.78, 5) is 0.895. The maximum Gasteiger partial charge on any atom is 0.0521 e.